The number of aromatic nitrogens is 2. The normalized spacial score (nSPS) is 16.0. The third kappa shape index (κ3) is 2.52. The molecule has 2 heterocycles. The van der Waals surface area contributed by atoms with Crippen LogP contribution in [0.4, 0.5) is 0 Å². The molecular formula is C18H19N3O2S. The molecule has 5 nitrogen and oxygen atoms in total. The number of hydrogen-bond acceptors (Lipinski definition) is 6. The molecule has 1 aliphatic rings. The Balaban J connectivity index is 1.65. The van der Waals surface area contributed by atoms with E-state index in [4.69, 9.17) is 15.0 Å². The van der Waals surface area contributed by atoms with Crippen molar-refractivity contribution in [3.8, 4) is 27.6 Å². The second-order valence-corrected chi connectivity index (χ2v) is 7.50. The van der Waals surface area contributed by atoms with Crippen molar-refractivity contribution in [3.63, 3.8) is 0 Å². The maximum absolute atomic E-state index is 6.28. The Bertz CT molecular complexity index is 863. The van der Waals surface area contributed by atoms with Crippen LogP contribution in [-0.4, -0.2) is 17.3 Å². The van der Waals surface area contributed by atoms with E-state index in [9.17, 15) is 0 Å². The van der Waals surface area contributed by atoms with Gasteiger partial charge in [-0.3, -0.25) is 0 Å². The van der Waals surface area contributed by atoms with E-state index in [2.05, 4.69) is 35.3 Å². The van der Waals surface area contributed by atoms with Gasteiger partial charge in [0.15, 0.2) is 5.82 Å². The molecule has 24 heavy (non-hydrogen) atoms. The summed E-state index contributed by atoms with van der Waals surface area (Å²) < 4.78 is 10.7. The molecule has 2 N–H and O–H groups in total. The second kappa shape index (κ2) is 5.72. The summed E-state index contributed by atoms with van der Waals surface area (Å²) in [6, 6.07) is 10.1. The van der Waals surface area contributed by atoms with Crippen LogP contribution in [0.5, 0.6) is 5.75 Å². The predicted octanol–water partition coefficient (Wildman–Crippen LogP) is 4.12. The number of nitrogens with zero attached hydrogens (tertiary/aromatic N) is 2. The molecule has 1 aromatic carbocycles. The van der Waals surface area contributed by atoms with E-state index in [0.29, 0.717) is 11.7 Å². The highest BCUT2D eigenvalue weighted by molar-refractivity contribution is 7.15. The lowest BCUT2D eigenvalue weighted by atomic mass is 9.77. The third-order valence-electron chi connectivity index (χ3n) is 4.65. The first kappa shape index (κ1) is 15.4. The van der Waals surface area contributed by atoms with E-state index >= 15 is 0 Å². The maximum Gasteiger partial charge on any atom is 0.268 e. The zero-order valence-electron chi connectivity index (χ0n) is 13.7. The van der Waals surface area contributed by atoms with Gasteiger partial charge >= 0.3 is 0 Å². The van der Waals surface area contributed by atoms with E-state index in [1.165, 1.54) is 10.4 Å². The Morgan fingerprint density at radius 1 is 1.25 bits per heavy atom. The minimum Gasteiger partial charge on any atom is -0.497 e. The smallest absolute Gasteiger partial charge is 0.268 e. The molecule has 1 saturated carbocycles. The highest BCUT2D eigenvalue weighted by Crippen LogP contribution is 2.40. The molecule has 3 aromatic rings. The number of methoxy groups -OCH3 is 1. The molecule has 1 aliphatic carbocycles. The summed E-state index contributed by atoms with van der Waals surface area (Å²) in [6.07, 6.45) is 2.97. The van der Waals surface area contributed by atoms with E-state index in [1.54, 1.807) is 18.4 Å². The van der Waals surface area contributed by atoms with Crippen molar-refractivity contribution < 1.29 is 9.26 Å². The fraction of sp³-hybridized carbons (Fsp3) is 0.333. The van der Waals surface area contributed by atoms with Gasteiger partial charge < -0.3 is 15.0 Å². The Labute approximate surface area is 144 Å². The number of nitrogens with two attached hydrogens (primary N) is 1. The van der Waals surface area contributed by atoms with Gasteiger partial charge in [-0.05, 0) is 55.5 Å². The van der Waals surface area contributed by atoms with Crippen LogP contribution in [-0.2, 0) is 5.54 Å². The first-order valence-corrected chi connectivity index (χ1v) is 8.79. The summed E-state index contributed by atoms with van der Waals surface area (Å²) in [6.45, 7) is 2.10. The topological polar surface area (TPSA) is 74.2 Å². The van der Waals surface area contributed by atoms with Gasteiger partial charge in [-0.15, -0.1) is 11.3 Å². The van der Waals surface area contributed by atoms with Crippen molar-refractivity contribution >= 4 is 11.3 Å². The first-order chi connectivity index (χ1) is 11.6. The molecule has 4 rings (SSSR count). The van der Waals surface area contributed by atoms with Crippen molar-refractivity contribution in [2.45, 2.75) is 31.7 Å². The molecule has 0 unspecified atom stereocenters. The van der Waals surface area contributed by atoms with E-state index in [0.717, 1.165) is 35.5 Å². The van der Waals surface area contributed by atoms with Crippen LogP contribution < -0.4 is 10.5 Å². The van der Waals surface area contributed by atoms with Crippen molar-refractivity contribution in [2.24, 2.45) is 5.73 Å². The lowest BCUT2D eigenvalue weighted by Crippen LogP contribution is -2.44. The van der Waals surface area contributed by atoms with Gasteiger partial charge in [0.25, 0.3) is 5.89 Å². The van der Waals surface area contributed by atoms with Gasteiger partial charge in [-0.25, -0.2) is 0 Å². The van der Waals surface area contributed by atoms with Crippen LogP contribution >= 0.6 is 11.3 Å². The number of aryl methyl sites for hydroxylation is 1. The van der Waals surface area contributed by atoms with Crippen molar-refractivity contribution in [3.05, 3.63) is 41.0 Å². The summed E-state index contributed by atoms with van der Waals surface area (Å²) >= 11 is 1.65. The van der Waals surface area contributed by atoms with Crippen LogP contribution in [0.3, 0.4) is 0 Å². The number of hydrogen-bond donors (Lipinski definition) is 1. The fourth-order valence-electron chi connectivity index (χ4n) is 2.95. The minimum atomic E-state index is -0.396. The molecule has 6 heteroatoms. The number of benzene rings is 1. The summed E-state index contributed by atoms with van der Waals surface area (Å²) in [5.41, 5.74) is 8.19. The minimum absolute atomic E-state index is 0.396. The van der Waals surface area contributed by atoms with Gasteiger partial charge in [0, 0.05) is 4.88 Å². The molecule has 0 atom stereocenters. The number of ether oxygens (including phenoxy) is 1. The van der Waals surface area contributed by atoms with Gasteiger partial charge in [0.2, 0.25) is 0 Å². The van der Waals surface area contributed by atoms with Crippen LogP contribution in [0.1, 0.15) is 30.0 Å². The van der Waals surface area contributed by atoms with Gasteiger partial charge in [0.1, 0.15) is 5.75 Å². The van der Waals surface area contributed by atoms with E-state index in [1.807, 2.05) is 12.1 Å². The standard InChI is InChI=1S/C18H19N3O2S/c1-11-14(12-4-6-13(22-2)7-5-12)10-15(24-11)16-20-17(21-23-16)18(19)8-3-9-18/h4-7,10H,3,8-9,19H2,1-2H3. The molecular weight excluding hydrogens is 322 g/mol. The lowest BCUT2D eigenvalue weighted by molar-refractivity contribution is 0.229. The molecule has 0 radical (unpaired) electrons. The van der Waals surface area contributed by atoms with Crippen molar-refractivity contribution in [2.75, 3.05) is 7.11 Å². The lowest BCUT2D eigenvalue weighted by Gasteiger charge is -2.34. The molecule has 124 valence electrons. The molecule has 0 bridgehead atoms. The average molecular weight is 341 g/mol. The molecule has 2 aromatic heterocycles. The summed E-state index contributed by atoms with van der Waals surface area (Å²) in [5.74, 6) is 2.03. The predicted molar refractivity (Wildman–Crippen MR) is 94.1 cm³/mol. The van der Waals surface area contributed by atoms with Crippen LogP contribution in [0, 0.1) is 6.92 Å². The summed E-state index contributed by atoms with van der Waals surface area (Å²) in [4.78, 5) is 6.72. The SMILES string of the molecule is COc1ccc(-c2cc(-c3nc(C4(N)CCC4)no3)sc2C)cc1. The van der Waals surface area contributed by atoms with Crippen molar-refractivity contribution in [1.29, 1.82) is 0 Å². The maximum atomic E-state index is 6.28. The van der Waals surface area contributed by atoms with Gasteiger partial charge in [0.05, 0.1) is 17.5 Å². The Hall–Kier alpha value is -2.18. The second-order valence-electron chi connectivity index (χ2n) is 6.24. The van der Waals surface area contributed by atoms with Crippen molar-refractivity contribution in [1.82, 2.24) is 10.1 Å². The Morgan fingerprint density at radius 3 is 2.62 bits per heavy atom. The van der Waals surface area contributed by atoms with E-state index < -0.39 is 5.54 Å². The Kier molecular flexibility index (Phi) is 3.66. The zero-order valence-corrected chi connectivity index (χ0v) is 14.5. The average Bonchev–Trinajstić information content (AvgIpc) is 3.20. The molecule has 0 spiro atoms. The molecule has 0 saturated heterocycles. The highest BCUT2D eigenvalue weighted by Gasteiger charge is 2.39. The number of thiophene rings is 1. The fourth-order valence-corrected chi connectivity index (χ4v) is 3.92. The van der Waals surface area contributed by atoms with Gasteiger partial charge in [-0.1, -0.05) is 17.3 Å². The zero-order chi connectivity index (χ0) is 16.7. The van der Waals surface area contributed by atoms with Crippen LogP contribution in [0.2, 0.25) is 0 Å². The van der Waals surface area contributed by atoms with Crippen LogP contribution in [0.15, 0.2) is 34.9 Å². The summed E-state index contributed by atoms with van der Waals surface area (Å²) in [7, 11) is 1.67. The monoisotopic (exact) mass is 341 g/mol. The number of rotatable bonds is 4. The van der Waals surface area contributed by atoms with E-state index in [-0.39, 0.29) is 0 Å². The third-order valence-corrected chi connectivity index (χ3v) is 5.69. The highest BCUT2D eigenvalue weighted by atomic mass is 32.1. The quantitative estimate of drug-likeness (QED) is 0.772. The molecule has 0 aliphatic heterocycles. The van der Waals surface area contributed by atoms with Crippen LogP contribution in [0.25, 0.3) is 21.9 Å². The van der Waals surface area contributed by atoms with Gasteiger partial charge in [-0.2, -0.15) is 4.98 Å². The molecule has 1 fully saturated rings. The first-order valence-electron chi connectivity index (χ1n) is 7.97. The largest absolute Gasteiger partial charge is 0.497 e. The summed E-state index contributed by atoms with van der Waals surface area (Å²) in [5, 5.41) is 4.10. The molecule has 0 amide bonds. The Morgan fingerprint density at radius 2 is 2.00 bits per heavy atom.